The number of ether oxygens (including phenoxy) is 3. The summed E-state index contributed by atoms with van der Waals surface area (Å²) in [5.41, 5.74) is -1.26. The van der Waals surface area contributed by atoms with Crippen LogP contribution >= 0.6 is 0 Å². The molecule has 0 saturated carbocycles. The van der Waals surface area contributed by atoms with Crippen molar-refractivity contribution >= 4 is 27.6 Å². The van der Waals surface area contributed by atoms with Crippen molar-refractivity contribution < 1.29 is 45.4 Å². The predicted molar refractivity (Wildman–Crippen MR) is 112 cm³/mol. The van der Waals surface area contributed by atoms with Crippen molar-refractivity contribution in [2.75, 3.05) is 44.5 Å². The van der Waals surface area contributed by atoms with E-state index in [-0.39, 0.29) is 43.4 Å². The molecular formula is C20H27F3N2O7S. The van der Waals surface area contributed by atoms with E-state index >= 15 is 0 Å². The third-order valence-electron chi connectivity index (χ3n) is 4.77. The first-order valence-electron chi connectivity index (χ1n) is 10.3. The highest BCUT2D eigenvalue weighted by molar-refractivity contribution is 7.89. The molecule has 1 heterocycles. The van der Waals surface area contributed by atoms with Gasteiger partial charge in [0.15, 0.2) is 6.61 Å². The molecule has 0 spiro atoms. The maximum Gasteiger partial charge on any atom is 0.416 e. The van der Waals surface area contributed by atoms with Gasteiger partial charge in [-0.3, -0.25) is 9.59 Å². The second-order valence-electron chi connectivity index (χ2n) is 7.29. The molecule has 1 aromatic carbocycles. The van der Waals surface area contributed by atoms with Crippen molar-refractivity contribution in [1.82, 2.24) is 4.31 Å². The minimum absolute atomic E-state index is 0.0210. The lowest BCUT2D eigenvalue weighted by Crippen LogP contribution is -2.43. The van der Waals surface area contributed by atoms with Crippen LogP contribution in [0.3, 0.4) is 0 Å². The molecule has 1 aliphatic heterocycles. The van der Waals surface area contributed by atoms with Gasteiger partial charge in [0.25, 0.3) is 5.91 Å². The van der Waals surface area contributed by atoms with Gasteiger partial charge in [0.2, 0.25) is 10.0 Å². The lowest BCUT2D eigenvalue weighted by molar-refractivity contribution is -0.150. The summed E-state index contributed by atoms with van der Waals surface area (Å²) in [6, 6.07) is 1.55. The average molecular weight is 497 g/mol. The molecule has 1 unspecified atom stereocenters. The summed E-state index contributed by atoms with van der Waals surface area (Å²) in [5, 5.41) is 2.24. The van der Waals surface area contributed by atoms with Gasteiger partial charge in [-0.15, -0.1) is 0 Å². The van der Waals surface area contributed by atoms with E-state index in [1.54, 1.807) is 6.92 Å². The number of rotatable bonds is 11. The first kappa shape index (κ1) is 26.9. The number of anilines is 1. The van der Waals surface area contributed by atoms with Gasteiger partial charge in [0.1, 0.15) is 18.4 Å². The van der Waals surface area contributed by atoms with Crippen LogP contribution in [0.2, 0.25) is 0 Å². The second kappa shape index (κ2) is 11.7. The topological polar surface area (TPSA) is 111 Å². The third kappa shape index (κ3) is 7.57. The number of nitrogens with one attached hydrogen (secondary N) is 1. The highest BCUT2D eigenvalue weighted by Gasteiger charge is 2.39. The molecule has 1 amide bonds. The SMILES string of the molecule is CCCS(=O)(=O)N1CCCC1C(=O)OCC(=O)Nc1cc(C(F)(F)F)ccc1OCCOC. The third-order valence-corrected chi connectivity index (χ3v) is 6.84. The molecule has 1 aliphatic rings. The highest BCUT2D eigenvalue weighted by atomic mass is 32.2. The number of carbonyl (C=O) groups is 2. The normalized spacial score (nSPS) is 17.1. The van der Waals surface area contributed by atoms with Gasteiger partial charge in [-0.2, -0.15) is 17.5 Å². The van der Waals surface area contributed by atoms with Gasteiger partial charge in [0, 0.05) is 13.7 Å². The van der Waals surface area contributed by atoms with Crippen molar-refractivity contribution in [3.63, 3.8) is 0 Å². The first-order valence-corrected chi connectivity index (χ1v) is 11.9. The van der Waals surface area contributed by atoms with Gasteiger partial charge >= 0.3 is 12.1 Å². The summed E-state index contributed by atoms with van der Waals surface area (Å²) in [6.45, 7) is 1.28. The maximum absolute atomic E-state index is 13.1. The van der Waals surface area contributed by atoms with Crippen LogP contribution in [0.5, 0.6) is 5.75 Å². The van der Waals surface area contributed by atoms with Crippen molar-refractivity contribution in [2.45, 2.75) is 38.4 Å². The number of halogens is 3. The molecular weight excluding hydrogens is 469 g/mol. The van der Waals surface area contributed by atoms with Crippen LogP contribution in [0.4, 0.5) is 18.9 Å². The van der Waals surface area contributed by atoms with Crippen LogP contribution in [0.1, 0.15) is 31.7 Å². The molecule has 0 radical (unpaired) electrons. The Morgan fingerprint density at radius 1 is 1.24 bits per heavy atom. The number of nitrogens with zero attached hydrogens (tertiary/aromatic N) is 1. The fraction of sp³-hybridized carbons (Fsp3) is 0.600. The van der Waals surface area contributed by atoms with E-state index in [1.165, 1.54) is 7.11 Å². The van der Waals surface area contributed by atoms with Crippen molar-refractivity contribution in [3.05, 3.63) is 23.8 Å². The second-order valence-corrected chi connectivity index (χ2v) is 9.33. The van der Waals surface area contributed by atoms with Crippen LogP contribution in [-0.2, 0) is 35.3 Å². The molecule has 1 atom stereocenters. The van der Waals surface area contributed by atoms with Crippen molar-refractivity contribution in [1.29, 1.82) is 0 Å². The zero-order valence-corrected chi connectivity index (χ0v) is 19.1. The Morgan fingerprint density at radius 2 is 1.97 bits per heavy atom. The monoisotopic (exact) mass is 496 g/mol. The van der Waals surface area contributed by atoms with Crippen LogP contribution in [0.25, 0.3) is 0 Å². The zero-order chi connectivity index (χ0) is 24.6. The van der Waals surface area contributed by atoms with Gasteiger partial charge in [0.05, 0.1) is 23.6 Å². The molecule has 1 fully saturated rings. The minimum Gasteiger partial charge on any atom is -0.489 e. The van der Waals surface area contributed by atoms with Crippen LogP contribution in [0.15, 0.2) is 18.2 Å². The van der Waals surface area contributed by atoms with Gasteiger partial charge in [-0.25, -0.2) is 8.42 Å². The van der Waals surface area contributed by atoms with E-state index in [0.29, 0.717) is 18.9 Å². The lowest BCUT2D eigenvalue weighted by atomic mass is 10.1. The summed E-state index contributed by atoms with van der Waals surface area (Å²) in [6.07, 6.45) is -3.53. The Hall–Kier alpha value is -2.38. The van der Waals surface area contributed by atoms with Crippen molar-refractivity contribution in [3.8, 4) is 5.75 Å². The van der Waals surface area contributed by atoms with E-state index in [4.69, 9.17) is 14.2 Å². The van der Waals surface area contributed by atoms with Gasteiger partial charge < -0.3 is 19.5 Å². The predicted octanol–water partition coefficient (Wildman–Crippen LogP) is 2.42. The fourth-order valence-electron chi connectivity index (χ4n) is 3.27. The zero-order valence-electron chi connectivity index (χ0n) is 18.3. The molecule has 0 bridgehead atoms. The number of methoxy groups -OCH3 is 1. The molecule has 9 nitrogen and oxygen atoms in total. The number of esters is 1. The Balaban J connectivity index is 2.05. The minimum atomic E-state index is -4.65. The number of carbonyl (C=O) groups excluding carboxylic acids is 2. The van der Waals surface area contributed by atoms with E-state index in [0.717, 1.165) is 16.4 Å². The Kier molecular flexibility index (Phi) is 9.49. The molecule has 0 aromatic heterocycles. The largest absolute Gasteiger partial charge is 0.489 e. The number of alkyl halides is 3. The van der Waals surface area contributed by atoms with Crippen LogP contribution in [-0.4, -0.2) is 69.9 Å². The molecule has 1 N–H and O–H groups in total. The number of hydrogen-bond acceptors (Lipinski definition) is 7. The molecule has 13 heteroatoms. The maximum atomic E-state index is 13.1. The van der Waals surface area contributed by atoms with Crippen LogP contribution in [0, 0.1) is 0 Å². The van der Waals surface area contributed by atoms with E-state index in [2.05, 4.69) is 5.32 Å². The molecule has 33 heavy (non-hydrogen) atoms. The average Bonchev–Trinajstić information content (AvgIpc) is 3.23. The van der Waals surface area contributed by atoms with E-state index in [9.17, 15) is 31.2 Å². The van der Waals surface area contributed by atoms with Crippen molar-refractivity contribution in [2.24, 2.45) is 0 Å². The first-order chi connectivity index (χ1) is 15.5. The number of benzene rings is 1. The summed E-state index contributed by atoms with van der Waals surface area (Å²) in [5.74, 6) is -1.92. The Bertz CT molecular complexity index is 938. The van der Waals surface area contributed by atoms with E-state index in [1.807, 2.05) is 0 Å². The standard InChI is InChI=1S/C20H27F3N2O7S/c1-3-11-33(28,29)25-8-4-5-16(25)19(27)32-13-18(26)24-15-12-14(20(21,22)23)6-7-17(15)31-10-9-30-2/h6-7,12,16H,3-5,8-11,13H2,1-2H3,(H,24,26). The lowest BCUT2D eigenvalue weighted by Gasteiger charge is -2.22. The smallest absolute Gasteiger partial charge is 0.416 e. The summed E-state index contributed by atoms with van der Waals surface area (Å²) in [7, 11) is -2.21. The highest BCUT2D eigenvalue weighted by Crippen LogP contribution is 2.35. The molecule has 2 rings (SSSR count). The Labute approximate surface area is 190 Å². The summed E-state index contributed by atoms with van der Waals surface area (Å²) >= 11 is 0. The summed E-state index contributed by atoms with van der Waals surface area (Å²) in [4.78, 5) is 24.7. The summed E-state index contributed by atoms with van der Waals surface area (Å²) < 4.78 is 80.0. The molecule has 1 saturated heterocycles. The Morgan fingerprint density at radius 3 is 2.61 bits per heavy atom. The number of sulfonamides is 1. The number of amides is 1. The quantitative estimate of drug-likeness (QED) is 0.370. The van der Waals surface area contributed by atoms with Gasteiger partial charge in [-0.1, -0.05) is 6.92 Å². The molecule has 186 valence electrons. The van der Waals surface area contributed by atoms with E-state index < -0.39 is 46.3 Å². The molecule has 1 aromatic rings. The fourth-order valence-corrected chi connectivity index (χ4v) is 5.00. The van der Waals surface area contributed by atoms with Crippen LogP contribution < -0.4 is 10.1 Å². The van der Waals surface area contributed by atoms with Gasteiger partial charge in [-0.05, 0) is 37.5 Å². The molecule has 0 aliphatic carbocycles. The number of hydrogen-bond donors (Lipinski definition) is 1.